The van der Waals surface area contributed by atoms with E-state index in [1.165, 1.54) is 11.8 Å². The Labute approximate surface area is 115 Å². The van der Waals surface area contributed by atoms with Gasteiger partial charge in [-0.15, -0.1) is 0 Å². The number of carbonyl (C=O) groups excluding carboxylic acids is 1. The predicted octanol–water partition coefficient (Wildman–Crippen LogP) is 0.847. The Balaban J connectivity index is 1.55. The van der Waals surface area contributed by atoms with E-state index in [9.17, 15) is 4.79 Å². The Kier molecular flexibility index (Phi) is 3.52. The van der Waals surface area contributed by atoms with Crippen molar-refractivity contribution in [2.75, 3.05) is 13.7 Å². The van der Waals surface area contributed by atoms with Gasteiger partial charge in [0.05, 0.1) is 18.7 Å². The van der Waals surface area contributed by atoms with Crippen LogP contribution in [0.25, 0.3) is 0 Å². The Hall–Kier alpha value is -1.40. The minimum atomic E-state index is -0.131. The zero-order chi connectivity index (χ0) is 13.2. The summed E-state index contributed by atoms with van der Waals surface area (Å²) in [4.78, 5) is 20.5. The second kappa shape index (κ2) is 5.30. The van der Waals surface area contributed by atoms with E-state index in [1.807, 2.05) is 12.1 Å². The van der Waals surface area contributed by atoms with E-state index in [1.54, 1.807) is 19.5 Å². The van der Waals surface area contributed by atoms with Crippen molar-refractivity contribution in [2.45, 2.75) is 23.8 Å². The lowest BCUT2D eigenvalue weighted by Crippen LogP contribution is -2.36. The highest BCUT2D eigenvalue weighted by molar-refractivity contribution is 8.15. The molecule has 1 N–H and O–H groups in total. The van der Waals surface area contributed by atoms with Gasteiger partial charge in [-0.2, -0.15) is 0 Å². The Bertz CT molecular complexity index is 506. The fraction of sp³-hybridized carbons (Fsp3) is 0.462. The molecule has 0 radical (unpaired) electrons. The van der Waals surface area contributed by atoms with Gasteiger partial charge in [0.15, 0.2) is 0 Å². The lowest BCUT2D eigenvalue weighted by Gasteiger charge is -2.09. The predicted molar refractivity (Wildman–Crippen MR) is 74.4 cm³/mol. The van der Waals surface area contributed by atoms with Crippen LogP contribution in [0, 0.1) is 0 Å². The van der Waals surface area contributed by atoms with Gasteiger partial charge in [0.1, 0.15) is 10.3 Å². The first kappa shape index (κ1) is 12.6. The third-order valence-electron chi connectivity index (χ3n) is 3.22. The van der Waals surface area contributed by atoms with Crippen molar-refractivity contribution in [3.63, 3.8) is 0 Å². The van der Waals surface area contributed by atoms with Crippen LogP contribution in [0.3, 0.4) is 0 Å². The summed E-state index contributed by atoms with van der Waals surface area (Å²) in [5, 5.41) is 3.76. The molecule has 1 amide bonds. The lowest BCUT2D eigenvalue weighted by molar-refractivity contribution is -0.120. The summed E-state index contributed by atoms with van der Waals surface area (Å²) < 4.78 is 5.17. The molecule has 2 aliphatic rings. The van der Waals surface area contributed by atoms with Gasteiger partial charge in [0.25, 0.3) is 0 Å². The second-order valence-electron chi connectivity index (χ2n) is 4.62. The van der Waals surface area contributed by atoms with Gasteiger partial charge in [-0.3, -0.25) is 14.8 Å². The van der Waals surface area contributed by atoms with Crippen LogP contribution in [-0.4, -0.2) is 47.0 Å². The molecule has 0 saturated heterocycles. The zero-order valence-corrected chi connectivity index (χ0v) is 11.4. The van der Waals surface area contributed by atoms with Crippen molar-refractivity contribution in [1.82, 2.24) is 10.3 Å². The molecule has 3 atom stereocenters. The third-order valence-corrected chi connectivity index (χ3v) is 4.45. The molecule has 6 heteroatoms. The molecule has 0 bridgehead atoms. The summed E-state index contributed by atoms with van der Waals surface area (Å²) in [6, 6.07) is 4.01. The van der Waals surface area contributed by atoms with E-state index >= 15 is 0 Å². The molecule has 5 nitrogen and oxygen atoms in total. The Morgan fingerprint density at radius 1 is 1.58 bits per heavy atom. The number of thioether (sulfide) groups is 1. The van der Waals surface area contributed by atoms with Crippen molar-refractivity contribution >= 4 is 22.7 Å². The highest BCUT2D eigenvalue weighted by Crippen LogP contribution is 2.28. The molecule has 0 aromatic carbocycles. The van der Waals surface area contributed by atoms with Crippen LogP contribution in [0.15, 0.2) is 29.5 Å². The first-order valence-electron chi connectivity index (χ1n) is 6.22. The largest absolute Gasteiger partial charge is 0.379 e. The maximum absolute atomic E-state index is 12.1. The quantitative estimate of drug-likeness (QED) is 0.886. The number of nitrogens with zero attached hydrogens (tertiary/aromatic N) is 2. The number of amides is 1. The number of hydrogen-bond donors (Lipinski definition) is 1. The molecule has 1 aliphatic carbocycles. The number of carbonyl (C=O) groups is 1. The van der Waals surface area contributed by atoms with Gasteiger partial charge < -0.3 is 10.1 Å². The van der Waals surface area contributed by atoms with E-state index in [4.69, 9.17) is 4.74 Å². The molecule has 1 aromatic heterocycles. The van der Waals surface area contributed by atoms with Crippen molar-refractivity contribution in [1.29, 1.82) is 0 Å². The second-order valence-corrected chi connectivity index (χ2v) is 5.81. The SMILES string of the molecule is COC1CC1NC(=O)C1CN=C(c2cccnc2)S1. The number of methoxy groups -OCH3 is 1. The Morgan fingerprint density at radius 2 is 2.47 bits per heavy atom. The number of rotatable bonds is 4. The van der Waals surface area contributed by atoms with Crippen LogP contribution >= 0.6 is 11.8 Å². The van der Waals surface area contributed by atoms with Crippen LogP contribution in [0.5, 0.6) is 0 Å². The van der Waals surface area contributed by atoms with Crippen LogP contribution in [-0.2, 0) is 9.53 Å². The van der Waals surface area contributed by atoms with Crippen LogP contribution in [0.4, 0.5) is 0 Å². The summed E-state index contributed by atoms with van der Waals surface area (Å²) >= 11 is 1.51. The van der Waals surface area contributed by atoms with E-state index in [-0.39, 0.29) is 23.3 Å². The topological polar surface area (TPSA) is 63.6 Å². The standard InChI is InChI=1S/C13H15N3O2S/c1-18-10-5-9(10)16-12(17)11-7-15-13(19-11)8-3-2-4-14-6-8/h2-4,6,9-11H,5,7H2,1H3,(H,16,17). The number of aromatic nitrogens is 1. The summed E-state index contributed by atoms with van der Waals surface area (Å²) in [7, 11) is 1.67. The van der Waals surface area contributed by atoms with Crippen LogP contribution in [0.1, 0.15) is 12.0 Å². The molecule has 100 valence electrons. The summed E-state index contributed by atoms with van der Waals surface area (Å²) in [5.41, 5.74) is 0.976. The summed E-state index contributed by atoms with van der Waals surface area (Å²) in [6.45, 7) is 0.533. The van der Waals surface area contributed by atoms with Crippen LogP contribution < -0.4 is 5.32 Å². The van der Waals surface area contributed by atoms with Crippen molar-refractivity contribution in [2.24, 2.45) is 4.99 Å². The maximum atomic E-state index is 12.1. The number of pyridine rings is 1. The normalized spacial score (nSPS) is 28.9. The first-order valence-corrected chi connectivity index (χ1v) is 7.10. The van der Waals surface area contributed by atoms with Gasteiger partial charge in [-0.05, 0) is 18.6 Å². The molecule has 1 saturated carbocycles. The van der Waals surface area contributed by atoms with Crippen molar-refractivity contribution in [3.05, 3.63) is 30.1 Å². The zero-order valence-electron chi connectivity index (χ0n) is 10.6. The van der Waals surface area contributed by atoms with E-state index in [0.29, 0.717) is 6.54 Å². The third kappa shape index (κ3) is 2.79. The molecule has 3 rings (SSSR count). The van der Waals surface area contributed by atoms with Gasteiger partial charge in [0.2, 0.25) is 5.91 Å². The average molecular weight is 277 g/mol. The molecule has 0 spiro atoms. The van der Waals surface area contributed by atoms with Gasteiger partial charge >= 0.3 is 0 Å². The summed E-state index contributed by atoms with van der Waals surface area (Å²) in [5.74, 6) is 0.0530. The number of aliphatic imine (C=N–C) groups is 1. The minimum Gasteiger partial charge on any atom is -0.379 e. The molecule has 1 fully saturated rings. The average Bonchev–Trinajstić information content (AvgIpc) is 3.01. The van der Waals surface area contributed by atoms with Gasteiger partial charge in [0, 0.05) is 25.1 Å². The minimum absolute atomic E-state index is 0.0530. The fourth-order valence-electron chi connectivity index (χ4n) is 2.02. The lowest BCUT2D eigenvalue weighted by atomic mass is 10.3. The highest BCUT2D eigenvalue weighted by atomic mass is 32.2. The fourth-order valence-corrected chi connectivity index (χ4v) is 3.02. The first-order chi connectivity index (χ1) is 9.28. The van der Waals surface area contributed by atoms with E-state index < -0.39 is 0 Å². The molecular formula is C13H15N3O2S. The van der Waals surface area contributed by atoms with Gasteiger partial charge in [-0.25, -0.2) is 0 Å². The molecule has 1 aromatic rings. The molecule has 19 heavy (non-hydrogen) atoms. The monoisotopic (exact) mass is 277 g/mol. The highest BCUT2D eigenvalue weighted by Gasteiger charge is 2.40. The molecule has 1 aliphatic heterocycles. The molecule has 2 heterocycles. The van der Waals surface area contributed by atoms with Gasteiger partial charge in [-0.1, -0.05) is 11.8 Å². The smallest absolute Gasteiger partial charge is 0.235 e. The molecular weight excluding hydrogens is 262 g/mol. The van der Waals surface area contributed by atoms with E-state index in [2.05, 4.69) is 15.3 Å². The summed E-state index contributed by atoms with van der Waals surface area (Å²) in [6.07, 6.45) is 4.60. The number of ether oxygens (including phenoxy) is 1. The van der Waals surface area contributed by atoms with Crippen molar-refractivity contribution < 1.29 is 9.53 Å². The maximum Gasteiger partial charge on any atom is 0.235 e. The Morgan fingerprint density at radius 3 is 3.16 bits per heavy atom. The van der Waals surface area contributed by atoms with Crippen molar-refractivity contribution in [3.8, 4) is 0 Å². The van der Waals surface area contributed by atoms with Crippen LogP contribution in [0.2, 0.25) is 0 Å². The molecule has 3 unspecified atom stereocenters. The van der Waals surface area contributed by atoms with E-state index in [0.717, 1.165) is 17.0 Å². The number of nitrogens with one attached hydrogen (secondary N) is 1. The number of hydrogen-bond acceptors (Lipinski definition) is 5.